The Labute approximate surface area is 125 Å². The fourth-order valence-electron chi connectivity index (χ4n) is 1.99. The summed E-state index contributed by atoms with van der Waals surface area (Å²) >= 11 is 5.74. The number of carboxylic acid groups (broad SMARTS) is 1. The van der Waals surface area contributed by atoms with E-state index in [-0.39, 0.29) is 22.5 Å². The summed E-state index contributed by atoms with van der Waals surface area (Å²) in [5.74, 6) is -1.19. The van der Waals surface area contributed by atoms with Crippen LogP contribution in [-0.2, 0) is 4.79 Å². The molecule has 0 aromatic heterocycles. The normalized spacial score (nSPS) is 17.2. The third-order valence-corrected chi connectivity index (χ3v) is 3.38. The number of rotatable bonds is 4. The second-order valence-corrected chi connectivity index (χ2v) is 5.05. The minimum atomic E-state index is -1.17. The van der Waals surface area contributed by atoms with E-state index in [4.69, 9.17) is 16.7 Å². The summed E-state index contributed by atoms with van der Waals surface area (Å²) in [7, 11) is 0. The molecule has 1 fully saturated rings. The van der Waals surface area contributed by atoms with Crippen LogP contribution in [0.5, 0.6) is 0 Å². The van der Waals surface area contributed by atoms with Crippen molar-refractivity contribution in [3.63, 3.8) is 0 Å². The van der Waals surface area contributed by atoms with E-state index >= 15 is 0 Å². The van der Waals surface area contributed by atoms with Crippen molar-refractivity contribution in [2.24, 2.45) is 0 Å². The number of amides is 3. The summed E-state index contributed by atoms with van der Waals surface area (Å²) in [5, 5.41) is 16.9. The summed E-state index contributed by atoms with van der Waals surface area (Å²) in [6.45, 7) is 0.316. The fourth-order valence-corrected chi connectivity index (χ4v) is 2.19. The standard InChI is InChI=1S/C13H14ClN3O4/c14-10-3-1-7(5-9(10)12(19)20)17-13(21)15-6-8-2-4-11(18)16-8/h1,3,5,8H,2,4,6H2,(H,16,18)(H,19,20)(H2,15,17,21). The number of hydrogen-bond acceptors (Lipinski definition) is 3. The molecule has 2 rings (SSSR count). The van der Waals surface area contributed by atoms with Crippen molar-refractivity contribution in [3.8, 4) is 0 Å². The predicted molar refractivity (Wildman–Crippen MR) is 76.6 cm³/mol. The molecule has 1 aliphatic heterocycles. The summed E-state index contributed by atoms with van der Waals surface area (Å²) in [6.07, 6.45) is 1.15. The van der Waals surface area contributed by atoms with Crippen LogP contribution in [0.2, 0.25) is 5.02 Å². The minimum absolute atomic E-state index is 0.0222. The zero-order valence-electron chi connectivity index (χ0n) is 11.0. The van der Waals surface area contributed by atoms with Gasteiger partial charge in [-0.2, -0.15) is 0 Å². The highest BCUT2D eigenvalue weighted by molar-refractivity contribution is 6.33. The van der Waals surface area contributed by atoms with Crippen molar-refractivity contribution in [1.29, 1.82) is 0 Å². The number of nitrogens with one attached hydrogen (secondary N) is 3. The van der Waals surface area contributed by atoms with E-state index < -0.39 is 12.0 Å². The summed E-state index contributed by atoms with van der Waals surface area (Å²) in [6, 6.07) is 3.64. The van der Waals surface area contributed by atoms with Crippen molar-refractivity contribution >= 4 is 35.2 Å². The van der Waals surface area contributed by atoms with Crippen LogP contribution in [-0.4, -0.2) is 35.6 Å². The number of carbonyl (C=O) groups is 3. The van der Waals surface area contributed by atoms with E-state index in [1.807, 2.05) is 0 Å². The lowest BCUT2D eigenvalue weighted by molar-refractivity contribution is -0.119. The Morgan fingerprint density at radius 2 is 2.19 bits per heavy atom. The Bertz CT molecular complexity index is 591. The maximum absolute atomic E-state index is 11.7. The van der Waals surface area contributed by atoms with Gasteiger partial charge in [0.25, 0.3) is 0 Å². The minimum Gasteiger partial charge on any atom is -0.478 e. The third-order valence-electron chi connectivity index (χ3n) is 3.05. The quantitative estimate of drug-likeness (QED) is 0.674. The van der Waals surface area contributed by atoms with E-state index in [1.165, 1.54) is 18.2 Å². The first-order chi connectivity index (χ1) is 9.95. The molecule has 0 radical (unpaired) electrons. The first kappa shape index (κ1) is 15.1. The molecule has 21 heavy (non-hydrogen) atoms. The van der Waals surface area contributed by atoms with Crippen molar-refractivity contribution in [2.75, 3.05) is 11.9 Å². The number of benzene rings is 1. The van der Waals surface area contributed by atoms with Gasteiger partial charge in [-0.25, -0.2) is 9.59 Å². The Balaban J connectivity index is 1.89. The van der Waals surface area contributed by atoms with Gasteiger partial charge in [-0.1, -0.05) is 11.6 Å². The van der Waals surface area contributed by atoms with Gasteiger partial charge in [-0.05, 0) is 24.6 Å². The molecule has 1 atom stereocenters. The lowest BCUT2D eigenvalue weighted by Crippen LogP contribution is -2.40. The first-order valence-corrected chi connectivity index (χ1v) is 6.70. The molecule has 0 bridgehead atoms. The number of hydrogen-bond donors (Lipinski definition) is 4. The Kier molecular flexibility index (Phi) is 4.64. The van der Waals surface area contributed by atoms with Crippen molar-refractivity contribution < 1.29 is 19.5 Å². The predicted octanol–water partition coefficient (Wildman–Crippen LogP) is 1.44. The molecule has 1 saturated heterocycles. The summed E-state index contributed by atoms with van der Waals surface area (Å²) < 4.78 is 0. The zero-order chi connectivity index (χ0) is 15.4. The topological polar surface area (TPSA) is 108 Å². The maximum atomic E-state index is 11.7. The van der Waals surface area contributed by atoms with Gasteiger partial charge in [-0.15, -0.1) is 0 Å². The summed E-state index contributed by atoms with van der Waals surface area (Å²) in [4.78, 5) is 33.7. The van der Waals surface area contributed by atoms with Crippen molar-refractivity contribution in [2.45, 2.75) is 18.9 Å². The second-order valence-electron chi connectivity index (χ2n) is 4.64. The van der Waals surface area contributed by atoms with Gasteiger partial charge in [-0.3, -0.25) is 4.79 Å². The van der Waals surface area contributed by atoms with Gasteiger partial charge in [0.2, 0.25) is 5.91 Å². The number of carbonyl (C=O) groups excluding carboxylic acids is 2. The molecule has 7 nitrogen and oxygen atoms in total. The molecule has 1 aliphatic rings. The molecule has 1 aromatic carbocycles. The number of halogens is 1. The van der Waals surface area contributed by atoms with Crippen LogP contribution in [0.1, 0.15) is 23.2 Å². The zero-order valence-corrected chi connectivity index (χ0v) is 11.7. The van der Waals surface area contributed by atoms with Crippen LogP contribution in [0, 0.1) is 0 Å². The SMILES string of the molecule is O=C1CCC(CNC(=O)Nc2ccc(Cl)c(C(=O)O)c2)N1. The molecule has 4 N–H and O–H groups in total. The van der Waals surface area contributed by atoms with Crippen LogP contribution in [0.15, 0.2) is 18.2 Å². The van der Waals surface area contributed by atoms with Crippen LogP contribution < -0.4 is 16.0 Å². The fraction of sp³-hybridized carbons (Fsp3) is 0.308. The highest BCUT2D eigenvalue weighted by Crippen LogP contribution is 2.20. The van der Waals surface area contributed by atoms with Crippen LogP contribution in [0.4, 0.5) is 10.5 Å². The highest BCUT2D eigenvalue weighted by atomic mass is 35.5. The van der Waals surface area contributed by atoms with E-state index in [0.717, 1.165) is 0 Å². The average molecular weight is 312 g/mol. The van der Waals surface area contributed by atoms with E-state index in [9.17, 15) is 14.4 Å². The Hall–Kier alpha value is -2.28. The molecule has 112 valence electrons. The molecule has 0 spiro atoms. The highest BCUT2D eigenvalue weighted by Gasteiger charge is 2.20. The molecule has 1 heterocycles. The average Bonchev–Trinajstić information content (AvgIpc) is 2.84. The van der Waals surface area contributed by atoms with Gasteiger partial charge in [0.1, 0.15) is 0 Å². The lowest BCUT2D eigenvalue weighted by atomic mass is 10.2. The molecular formula is C13H14ClN3O4. The van der Waals surface area contributed by atoms with Gasteiger partial charge in [0.05, 0.1) is 10.6 Å². The number of carboxylic acids is 1. The largest absolute Gasteiger partial charge is 0.478 e. The Morgan fingerprint density at radius 3 is 2.81 bits per heavy atom. The van der Waals surface area contributed by atoms with Gasteiger partial charge < -0.3 is 21.1 Å². The van der Waals surface area contributed by atoms with Crippen LogP contribution >= 0.6 is 11.6 Å². The van der Waals surface area contributed by atoms with Crippen molar-refractivity contribution in [1.82, 2.24) is 10.6 Å². The lowest BCUT2D eigenvalue weighted by Gasteiger charge is -2.12. The van der Waals surface area contributed by atoms with Gasteiger partial charge in [0.15, 0.2) is 0 Å². The molecule has 0 saturated carbocycles. The third kappa shape index (κ3) is 4.09. The smallest absolute Gasteiger partial charge is 0.337 e. The molecule has 1 unspecified atom stereocenters. The number of anilines is 1. The maximum Gasteiger partial charge on any atom is 0.337 e. The van der Waals surface area contributed by atoms with Crippen LogP contribution in [0.3, 0.4) is 0 Å². The van der Waals surface area contributed by atoms with E-state index in [1.54, 1.807) is 0 Å². The summed E-state index contributed by atoms with van der Waals surface area (Å²) in [5.41, 5.74) is 0.238. The molecule has 8 heteroatoms. The molecule has 0 aliphatic carbocycles. The molecular weight excluding hydrogens is 298 g/mol. The van der Waals surface area contributed by atoms with Crippen LogP contribution in [0.25, 0.3) is 0 Å². The monoisotopic (exact) mass is 311 g/mol. The number of aromatic carboxylic acids is 1. The van der Waals surface area contributed by atoms with Crippen molar-refractivity contribution in [3.05, 3.63) is 28.8 Å². The molecule has 1 aromatic rings. The van der Waals surface area contributed by atoms with Gasteiger partial charge in [0, 0.05) is 24.7 Å². The van der Waals surface area contributed by atoms with E-state index in [0.29, 0.717) is 25.1 Å². The second kappa shape index (κ2) is 6.45. The molecule has 3 amide bonds. The van der Waals surface area contributed by atoms with E-state index in [2.05, 4.69) is 16.0 Å². The first-order valence-electron chi connectivity index (χ1n) is 6.33. The van der Waals surface area contributed by atoms with Gasteiger partial charge >= 0.3 is 12.0 Å². The Morgan fingerprint density at radius 1 is 1.43 bits per heavy atom. The number of urea groups is 1.